The number of nitrogens with one attached hydrogen (secondary N) is 1. The first-order valence-electron chi connectivity index (χ1n) is 6.41. The van der Waals surface area contributed by atoms with Crippen molar-refractivity contribution in [3.8, 4) is 0 Å². The number of carbonyl (C=O) groups excluding carboxylic acids is 1. The molecule has 0 saturated heterocycles. The van der Waals surface area contributed by atoms with Crippen molar-refractivity contribution in [3.05, 3.63) is 59.7 Å². The largest absolute Gasteiger partial charge is 0.319 e. The highest BCUT2D eigenvalue weighted by molar-refractivity contribution is 6.06. The summed E-state index contributed by atoms with van der Waals surface area (Å²) in [5.74, 6) is 2.72. The van der Waals surface area contributed by atoms with Gasteiger partial charge in [0.05, 0.1) is 0 Å². The molecule has 2 rings (SSSR count). The predicted molar refractivity (Wildman–Crippen MR) is 78.0 cm³/mol. The molecule has 0 heterocycles. The number of halogens is 2. The number of hydrogen-bond donors (Lipinski definition) is 2. The third kappa shape index (κ3) is 3.00. The first kappa shape index (κ1) is 14.9. The summed E-state index contributed by atoms with van der Waals surface area (Å²) < 4.78 is 27.4. The van der Waals surface area contributed by atoms with Gasteiger partial charge in [0.15, 0.2) is 11.6 Å². The lowest BCUT2D eigenvalue weighted by atomic mass is 10.1. The number of benzene rings is 2. The van der Waals surface area contributed by atoms with Crippen LogP contribution >= 0.6 is 0 Å². The van der Waals surface area contributed by atoms with E-state index in [0.29, 0.717) is 12.2 Å². The number of hydrazine groups is 1. The van der Waals surface area contributed by atoms with Gasteiger partial charge in [-0.15, -0.1) is 0 Å². The fraction of sp³-hybridized carbons (Fsp3) is 0.133. The zero-order valence-corrected chi connectivity index (χ0v) is 11.4. The molecule has 1 amide bonds. The van der Waals surface area contributed by atoms with E-state index in [2.05, 4.69) is 0 Å². The Balaban J connectivity index is 2.39. The van der Waals surface area contributed by atoms with Gasteiger partial charge in [-0.25, -0.2) is 8.78 Å². The van der Waals surface area contributed by atoms with Gasteiger partial charge >= 0.3 is 0 Å². The number of nitrogens with two attached hydrogens (primary N) is 1. The minimum atomic E-state index is -0.912. The highest BCUT2D eigenvalue weighted by Crippen LogP contribution is 2.22. The Morgan fingerprint density at radius 2 is 1.76 bits per heavy atom. The highest BCUT2D eigenvalue weighted by Gasteiger charge is 2.19. The maximum Gasteiger partial charge on any atom is 0.258 e. The summed E-state index contributed by atoms with van der Waals surface area (Å²) in [6.07, 6.45) is 0. The molecule has 0 bridgehead atoms. The van der Waals surface area contributed by atoms with Gasteiger partial charge < -0.3 is 10.3 Å². The van der Waals surface area contributed by atoms with Crippen molar-refractivity contribution < 1.29 is 13.6 Å². The lowest BCUT2D eigenvalue weighted by Crippen LogP contribution is -2.30. The van der Waals surface area contributed by atoms with Gasteiger partial charge in [0, 0.05) is 17.8 Å². The van der Waals surface area contributed by atoms with Crippen LogP contribution in [0.25, 0.3) is 0 Å². The van der Waals surface area contributed by atoms with E-state index in [4.69, 9.17) is 5.84 Å². The third-order valence-electron chi connectivity index (χ3n) is 3.06. The van der Waals surface area contributed by atoms with Crippen molar-refractivity contribution in [1.29, 1.82) is 0 Å². The van der Waals surface area contributed by atoms with Crippen LogP contribution in [0.4, 0.5) is 20.2 Å². The number of amides is 1. The molecule has 21 heavy (non-hydrogen) atoms. The lowest BCUT2D eigenvalue weighted by Gasteiger charge is -2.21. The number of nitrogen functional groups attached to an aromatic ring is 1. The van der Waals surface area contributed by atoms with Gasteiger partial charge in [-0.1, -0.05) is 18.2 Å². The summed E-state index contributed by atoms with van der Waals surface area (Å²) in [6, 6.07) is 10.8. The van der Waals surface area contributed by atoms with Gasteiger partial charge in [-0.05, 0) is 31.2 Å². The molecule has 4 nitrogen and oxygen atoms in total. The van der Waals surface area contributed by atoms with Crippen LogP contribution in [0.15, 0.2) is 42.5 Å². The maximum absolute atomic E-state index is 13.7. The Labute approximate surface area is 121 Å². The first-order valence-corrected chi connectivity index (χ1v) is 6.41. The Kier molecular flexibility index (Phi) is 4.49. The van der Waals surface area contributed by atoms with Crippen molar-refractivity contribution in [2.75, 3.05) is 16.9 Å². The van der Waals surface area contributed by atoms with Crippen LogP contribution in [0.1, 0.15) is 17.3 Å². The molecular weight excluding hydrogens is 276 g/mol. The van der Waals surface area contributed by atoms with Gasteiger partial charge in [-0.3, -0.25) is 10.6 Å². The Morgan fingerprint density at radius 3 is 2.24 bits per heavy atom. The van der Waals surface area contributed by atoms with Crippen LogP contribution in [-0.4, -0.2) is 12.5 Å². The molecule has 0 aromatic heterocycles. The average molecular weight is 291 g/mol. The van der Waals surface area contributed by atoms with Crippen LogP contribution < -0.4 is 16.2 Å². The smallest absolute Gasteiger partial charge is 0.258 e. The van der Waals surface area contributed by atoms with E-state index in [1.807, 2.05) is 11.5 Å². The van der Waals surface area contributed by atoms with E-state index >= 15 is 0 Å². The van der Waals surface area contributed by atoms with E-state index in [9.17, 15) is 13.6 Å². The molecule has 0 aliphatic rings. The van der Waals surface area contributed by atoms with Crippen molar-refractivity contribution in [1.82, 2.24) is 0 Å². The van der Waals surface area contributed by atoms with Crippen molar-refractivity contribution >= 4 is 17.3 Å². The van der Waals surface area contributed by atoms with Crippen LogP contribution in [0.3, 0.4) is 0 Å². The third-order valence-corrected chi connectivity index (χ3v) is 3.06. The van der Waals surface area contributed by atoms with E-state index in [0.717, 1.165) is 12.1 Å². The Bertz CT molecular complexity index is 624. The maximum atomic E-state index is 13.7. The number of hydrogen-bond acceptors (Lipinski definition) is 3. The molecule has 3 N–H and O–H groups in total. The van der Waals surface area contributed by atoms with E-state index in [1.165, 1.54) is 4.90 Å². The van der Waals surface area contributed by atoms with Crippen LogP contribution in [0.2, 0.25) is 0 Å². The van der Waals surface area contributed by atoms with Gasteiger partial charge in [0.25, 0.3) is 5.91 Å². The second-order valence-electron chi connectivity index (χ2n) is 4.34. The monoisotopic (exact) mass is 291 g/mol. The normalized spacial score (nSPS) is 10.3. The Morgan fingerprint density at radius 1 is 1.19 bits per heavy atom. The summed E-state index contributed by atoms with van der Waals surface area (Å²) >= 11 is 0. The minimum Gasteiger partial charge on any atom is -0.319 e. The molecule has 0 saturated carbocycles. The van der Waals surface area contributed by atoms with Crippen LogP contribution in [0, 0.1) is 11.6 Å². The first-order chi connectivity index (χ1) is 10.1. The van der Waals surface area contributed by atoms with Crippen LogP contribution in [-0.2, 0) is 0 Å². The molecule has 2 aromatic rings. The molecule has 0 aliphatic heterocycles. The number of carbonyl (C=O) groups is 1. The molecule has 0 atom stereocenters. The fourth-order valence-electron chi connectivity index (χ4n) is 2.04. The van der Waals surface area contributed by atoms with Gasteiger partial charge in [-0.2, -0.15) is 0 Å². The molecule has 6 heteroatoms. The number of nitrogens with zero attached hydrogens (tertiary/aromatic N) is 1. The summed E-state index contributed by atoms with van der Waals surface area (Å²) in [4.78, 5) is 13.9. The SMILES string of the molecule is CCN(C(=O)c1cc(F)c(NN)c(F)c1)c1ccccc1. The minimum absolute atomic E-state index is 0.0743. The zero-order valence-electron chi connectivity index (χ0n) is 11.4. The fourth-order valence-corrected chi connectivity index (χ4v) is 2.04. The molecule has 110 valence electrons. The molecule has 0 fully saturated rings. The molecule has 0 aliphatic carbocycles. The Hall–Kier alpha value is -2.47. The van der Waals surface area contributed by atoms with Crippen molar-refractivity contribution in [2.45, 2.75) is 6.92 Å². The summed E-state index contributed by atoms with van der Waals surface area (Å²) in [5.41, 5.74) is 2.05. The zero-order chi connectivity index (χ0) is 15.4. The predicted octanol–water partition coefficient (Wildman–Crippen LogP) is 2.92. The van der Waals surface area contributed by atoms with E-state index < -0.39 is 23.2 Å². The standard InChI is InChI=1S/C15H15F2N3O/c1-2-20(11-6-4-3-5-7-11)15(21)10-8-12(16)14(19-18)13(17)9-10/h3-9,19H,2,18H2,1H3. The van der Waals surface area contributed by atoms with E-state index in [1.54, 1.807) is 31.2 Å². The lowest BCUT2D eigenvalue weighted by molar-refractivity contribution is 0.0987. The summed E-state index contributed by atoms with van der Waals surface area (Å²) in [6.45, 7) is 2.16. The van der Waals surface area contributed by atoms with Crippen LogP contribution in [0.5, 0.6) is 0 Å². The molecule has 0 spiro atoms. The molecule has 0 radical (unpaired) electrons. The van der Waals surface area contributed by atoms with Gasteiger partial charge in [0.1, 0.15) is 5.69 Å². The summed E-state index contributed by atoms with van der Waals surface area (Å²) in [5, 5.41) is 0. The molecule has 0 unspecified atom stereocenters. The number of anilines is 2. The molecular formula is C15H15F2N3O. The molecule has 2 aromatic carbocycles. The average Bonchev–Trinajstić information content (AvgIpc) is 2.48. The number of rotatable bonds is 4. The highest BCUT2D eigenvalue weighted by atomic mass is 19.1. The van der Waals surface area contributed by atoms with Gasteiger partial charge in [0.2, 0.25) is 0 Å². The quantitative estimate of drug-likeness (QED) is 0.672. The number of para-hydroxylation sites is 1. The van der Waals surface area contributed by atoms with E-state index in [-0.39, 0.29) is 5.56 Å². The topological polar surface area (TPSA) is 58.4 Å². The second-order valence-corrected chi connectivity index (χ2v) is 4.34. The van der Waals surface area contributed by atoms with Crippen molar-refractivity contribution in [2.24, 2.45) is 5.84 Å². The van der Waals surface area contributed by atoms with Crippen molar-refractivity contribution in [3.63, 3.8) is 0 Å². The summed E-state index contributed by atoms with van der Waals surface area (Å²) in [7, 11) is 0. The second kappa shape index (κ2) is 6.32.